The van der Waals surface area contributed by atoms with Crippen molar-refractivity contribution in [2.24, 2.45) is 0 Å². The molecule has 0 aliphatic carbocycles. The lowest BCUT2D eigenvalue weighted by molar-refractivity contribution is -0.0976. The van der Waals surface area contributed by atoms with E-state index in [9.17, 15) is 28.8 Å². The van der Waals surface area contributed by atoms with E-state index in [1.807, 2.05) is 78.9 Å². The Bertz CT molecular complexity index is 2460. The fourth-order valence-corrected chi connectivity index (χ4v) is 8.33. The number of aliphatic hydroxyl groups excluding tert-OH is 1. The van der Waals surface area contributed by atoms with Gasteiger partial charge in [0.25, 0.3) is 11.1 Å². The first-order valence-electron chi connectivity index (χ1n) is 18.9. The zero-order chi connectivity index (χ0) is 41.8. The lowest BCUT2D eigenvalue weighted by Gasteiger charge is -2.39. The van der Waals surface area contributed by atoms with Gasteiger partial charge in [0.1, 0.15) is 41.8 Å². The van der Waals surface area contributed by atoms with Crippen LogP contribution in [0.25, 0.3) is 0 Å². The summed E-state index contributed by atoms with van der Waals surface area (Å²) in [4.78, 5) is 54.5. The predicted molar refractivity (Wildman–Crippen MR) is 213 cm³/mol. The van der Waals surface area contributed by atoms with Crippen molar-refractivity contribution in [2.45, 2.75) is 69.2 Å². The maximum absolute atomic E-state index is 13.6. The van der Waals surface area contributed by atoms with Crippen molar-refractivity contribution in [2.75, 3.05) is 27.4 Å². The van der Waals surface area contributed by atoms with Crippen molar-refractivity contribution >= 4 is 8.25 Å². The highest BCUT2D eigenvalue weighted by molar-refractivity contribution is 7.33. The van der Waals surface area contributed by atoms with Crippen LogP contribution in [0.15, 0.2) is 110 Å². The fraction of sp³-hybridized carbons (Fsp3) is 0.366. The predicted octanol–water partition coefficient (Wildman–Crippen LogP) is 3.46. The Morgan fingerprint density at radius 3 is 1.68 bits per heavy atom. The molecule has 3 N–H and O–H groups in total. The highest BCUT2D eigenvalue weighted by Crippen LogP contribution is 2.46. The van der Waals surface area contributed by atoms with E-state index in [2.05, 4.69) is 9.97 Å². The van der Waals surface area contributed by atoms with Gasteiger partial charge in [-0.25, -0.2) is 9.59 Å². The van der Waals surface area contributed by atoms with Gasteiger partial charge in [-0.1, -0.05) is 54.6 Å². The van der Waals surface area contributed by atoms with Gasteiger partial charge in [0, 0.05) is 36.4 Å². The van der Waals surface area contributed by atoms with Gasteiger partial charge < -0.3 is 37.8 Å². The number of H-pyrrole nitrogens is 2. The van der Waals surface area contributed by atoms with Crippen molar-refractivity contribution in [1.82, 2.24) is 19.1 Å². The number of aryl methyl sites for hydroxylation is 2. The van der Waals surface area contributed by atoms with E-state index in [-0.39, 0.29) is 30.6 Å². The monoisotopic (exact) mass is 832 g/mol. The summed E-state index contributed by atoms with van der Waals surface area (Å²) in [7, 11) is -0.183. The molecule has 3 aromatic carbocycles. The van der Waals surface area contributed by atoms with Crippen molar-refractivity contribution < 1.29 is 42.4 Å². The maximum atomic E-state index is 13.6. The van der Waals surface area contributed by atoms with Gasteiger partial charge in [-0.15, -0.1) is 0 Å². The van der Waals surface area contributed by atoms with Crippen molar-refractivity contribution in [3.8, 4) is 11.5 Å². The minimum absolute atomic E-state index is 0.0158. The highest BCUT2D eigenvalue weighted by atomic mass is 31.1. The quantitative estimate of drug-likeness (QED) is 0.102. The van der Waals surface area contributed by atoms with Gasteiger partial charge in [0.15, 0.2) is 0 Å². The Kier molecular flexibility index (Phi) is 12.6. The van der Waals surface area contributed by atoms with Crippen LogP contribution in [0.3, 0.4) is 0 Å². The molecule has 312 valence electrons. The third-order valence-corrected chi connectivity index (χ3v) is 11.5. The second-order valence-electron chi connectivity index (χ2n) is 14.2. The number of hydrogen-bond donors (Lipinski definition) is 3. The largest absolute Gasteiger partial charge is 0.497 e. The molecule has 2 aliphatic heterocycles. The van der Waals surface area contributed by atoms with Crippen LogP contribution >= 0.6 is 8.25 Å². The summed E-state index contributed by atoms with van der Waals surface area (Å²) >= 11 is 0. The van der Waals surface area contributed by atoms with Crippen LogP contribution in [-0.2, 0) is 33.4 Å². The minimum atomic E-state index is -3.33. The molecule has 0 spiro atoms. The molecule has 4 heterocycles. The Balaban J connectivity index is 1.22. The van der Waals surface area contributed by atoms with E-state index < -0.39 is 79.8 Å². The molecule has 5 aromatic rings. The molecule has 0 bridgehead atoms. The summed E-state index contributed by atoms with van der Waals surface area (Å²) in [5.41, 5.74) is -0.999. The number of nitrogens with one attached hydrogen (secondary N) is 2. The van der Waals surface area contributed by atoms with Crippen LogP contribution in [0.2, 0.25) is 0 Å². The summed E-state index contributed by atoms with van der Waals surface area (Å²) in [5, 5.41) is 10.1. The molecule has 0 saturated carbocycles. The molecule has 2 fully saturated rings. The van der Waals surface area contributed by atoms with Gasteiger partial charge in [0.05, 0.1) is 39.6 Å². The van der Waals surface area contributed by atoms with Crippen LogP contribution < -0.4 is 32.0 Å². The molecule has 18 heteroatoms. The fourth-order valence-electron chi connectivity index (χ4n) is 7.47. The zero-order valence-corrected chi connectivity index (χ0v) is 33.7. The molecule has 1 unspecified atom stereocenters. The number of methoxy groups -OCH3 is 2. The van der Waals surface area contributed by atoms with Crippen LogP contribution in [0.5, 0.6) is 11.5 Å². The number of benzene rings is 3. The van der Waals surface area contributed by atoms with Gasteiger partial charge in [0.2, 0.25) is 0 Å². The Hall–Kier alpha value is -5.39. The van der Waals surface area contributed by atoms with Gasteiger partial charge >= 0.3 is 19.6 Å². The Morgan fingerprint density at radius 1 is 0.712 bits per heavy atom. The van der Waals surface area contributed by atoms with Crippen molar-refractivity contribution in [1.29, 1.82) is 0 Å². The second-order valence-corrected chi connectivity index (χ2v) is 15.3. The van der Waals surface area contributed by atoms with Crippen LogP contribution in [0.1, 0.15) is 53.1 Å². The average molecular weight is 833 g/mol. The highest BCUT2D eigenvalue weighted by Gasteiger charge is 2.47. The van der Waals surface area contributed by atoms with Crippen molar-refractivity contribution in [3.05, 3.63) is 161 Å². The molecule has 59 heavy (non-hydrogen) atoms. The Morgan fingerprint density at radius 2 is 1.19 bits per heavy atom. The standard InChI is InChI=1S/C41H45N4O13P/c1-24-20-44(39(49)42-37(24)47)35-18-31(34(56-35)23-54-59(51)58-32-19-36(55-33(32)22-46)45-21-25(2)38(48)43-40(45)50)57-41(26-8-6-5-7-9-26,27-10-14-29(52-3)15-11-27)28-12-16-30(53-4)17-13-28/h5-17,20-21,31-36,46,59H,18-19,22-23H2,1-4H3,(H,42,47,49)(H,43,48,50)/t31-,32-,33-,34-,35-,36-/m1/s1. The topological polar surface area (TPSA) is 212 Å². The maximum Gasteiger partial charge on any atom is 0.330 e. The molecule has 0 amide bonds. The van der Waals surface area contributed by atoms with Gasteiger partial charge in [-0.2, -0.15) is 0 Å². The number of aromatic amines is 2. The molecule has 17 nitrogen and oxygen atoms in total. The number of hydrogen-bond acceptors (Lipinski definition) is 13. The molecule has 7 atom stereocenters. The molecular formula is C41H45N4O13P. The number of nitrogens with zero attached hydrogens (tertiary/aromatic N) is 2. The molecule has 7 rings (SSSR count). The van der Waals surface area contributed by atoms with E-state index >= 15 is 0 Å². The lowest BCUT2D eigenvalue weighted by atomic mass is 9.79. The number of aromatic nitrogens is 4. The van der Waals surface area contributed by atoms with E-state index in [0.29, 0.717) is 11.5 Å². The molecular weight excluding hydrogens is 787 g/mol. The zero-order valence-electron chi connectivity index (χ0n) is 32.7. The molecule has 2 saturated heterocycles. The second kappa shape index (κ2) is 17.8. The number of aliphatic hydroxyl groups is 1. The molecule has 2 aliphatic rings. The third kappa shape index (κ3) is 8.68. The molecule has 2 aromatic heterocycles. The Labute approximate surface area is 338 Å². The van der Waals surface area contributed by atoms with E-state index in [0.717, 1.165) is 16.7 Å². The average Bonchev–Trinajstić information content (AvgIpc) is 3.85. The molecule has 0 radical (unpaired) electrons. The summed E-state index contributed by atoms with van der Waals surface area (Å²) in [6.45, 7) is 2.27. The number of rotatable bonds is 15. The van der Waals surface area contributed by atoms with Crippen LogP contribution in [0.4, 0.5) is 0 Å². The van der Waals surface area contributed by atoms with E-state index in [4.69, 9.17) is 32.7 Å². The summed E-state index contributed by atoms with van der Waals surface area (Å²) in [5.74, 6) is 1.25. The van der Waals surface area contributed by atoms with Crippen molar-refractivity contribution in [3.63, 3.8) is 0 Å². The van der Waals surface area contributed by atoms with Gasteiger partial charge in [-0.05, 0) is 54.8 Å². The van der Waals surface area contributed by atoms with Gasteiger partial charge in [-0.3, -0.25) is 33.3 Å². The van der Waals surface area contributed by atoms with E-state index in [1.165, 1.54) is 28.5 Å². The number of ether oxygens (including phenoxy) is 5. The van der Waals surface area contributed by atoms with Crippen LogP contribution in [0, 0.1) is 13.8 Å². The third-order valence-electron chi connectivity index (χ3n) is 10.6. The van der Waals surface area contributed by atoms with Crippen LogP contribution in [-0.4, -0.2) is 76.1 Å². The van der Waals surface area contributed by atoms with E-state index in [1.54, 1.807) is 21.1 Å². The summed E-state index contributed by atoms with van der Waals surface area (Å²) in [6.07, 6.45) is -2.71. The summed E-state index contributed by atoms with van der Waals surface area (Å²) < 4.78 is 58.3. The first-order valence-corrected chi connectivity index (χ1v) is 20.1. The SMILES string of the molecule is COc1ccc(C(O[C@@H]2C[C@H](n3cc(C)c(=O)[nH]c3=O)O[C@@H]2CO[PH](=O)O[C@@H]2C[C@H](n3cc(C)c(=O)[nH]c3=O)O[C@@H]2CO)(c2ccccc2)c2ccc(OC)cc2)cc1. The smallest absolute Gasteiger partial charge is 0.330 e. The minimum Gasteiger partial charge on any atom is -0.497 e. The lowest BCUT2D eigenvalue weighted by Crippen LogP contribution is -2.41. The first-order chi connectivity index (χ1) is 28.4. The summed E-state index contributed by atoms with van der Waals surface area (Å²) in [6, 6.07) is 24.4. The first kappa shape index (κ1) is 41.8. The normalized spacial score (nSPS) is 22.3.